The van der Waals surface area contributed by atoms with Gasteiger partial charge in [0.05, 0.1) is 11.9 Å². The summed E-state index contributed by atoms with van der Waals surface area (Å²) in [6.07, 6.45) is 6.18. The second-order valence-electron chi connectivity index (χ2n) is 10.3. The summed E-state index contributed by atoms with van der Waals surface area (Å²) >= 11 is 6.42. The number of sulfonamides is 1. The van der Waals surface area contributed by atoms with Crippen LogP contribution in [0.1, 0.15) is 68.6 Å². The Bertz CT molecular complexity index is 1230. The normalized spacial score (nSPS) is 14.8. The van der Waals surface area contributed by atoms with Gasteiger partial charge >= 0.3 is 0 Å². The molecule has 1 atom stereocenters. The average molecular weight is 562 g/mol. The van der Waals surface area contributed by atoms with Crippen molar-refractivity contribution in [2.75, 3.05) is 17.1 Å². The molecule has 9 heteroatoms. The molecule has 2 aromatic rings. The van der Waals surface area contributed by atoms with Crippen molar-refractivity contribution in [1.82, 2.24) is 10.2 Å². The van der Waals surface area contributed by atoms with Gasteiger partial charge in [0.2, 0.25) is 21.8 Å². The van der Waals surface area contributed by atoms with Crippen LogP contribution in [-0.4, -0.2) is 50.0 Å². The van der Waals surface area contributed by atoms with Crippen LogP contribution in [0.4, 0.5) is 5.69 Å². The molecular formula is C29H40ClN3O4S. The van der Waals surface area contributed by atoms with Crippen LogP contribution in [-0.2, 0) is 26.2 Å². The Morgan fingerprint density at radius 2 is 1.79 bits per heavy atom. The fraction of sp³-hybridized carbons (Fsp3) is 0.517. The van der Waals surface area contributed by atoms with Crippen LogP contribution in [0.25, 0.3) is 0 Å². The Hall–Kier alpha value is -2.58. The molecule has 7 nitrogen and oxygen atoms in total. The Kier molecular flexibility index (Phi) is 10.6. The first-order valence-corrected chi connectivity index (χ1v) is 15.6. The number of rotatable bonds is 12. The smallest absolute Gasteiger partial charge is 0.243 e. The summed E-state index contributed by atoms with van der Waals surface area (Å²) in [4.78, 5) is 28.5. The van der Waals surface area contributed by atoms with Crippen LogP contribution < -0.4 is 9.62 Å². The Morgan fingerprint density at radius 1 is 1.11 bits per heavy atom. The SMILES string of the molecule is CCC(C(=O)NC1CCCC1)N(Cc1ccccc1Cl)C(=O)CCCN(c1cc(C)ccc1C)S(C)(=O)=O. The third-order valence-electron chi connectivity index (χ3n) is 7.17. The molecule has 3 rings (SSSR count). The van der Waals surface area contributed by atoms with E-state index in [2.05, 4.69) is 5.32 Å². The van der Waals surface area contributed by atoms with Crippen molar-refractivity contribution >= 4 is 39.1 Å². The topological polar surface area (TPSA) is 86.8 Å². The number of amides is 2. The van der Waals surface area contributed by atoms with E-state index in [1.54, 1.807) is 11.0 Å². The number of nitrogens with one attached hydrogen (secondary N) is 1. The van der Waals surface area contributed by atoms with Gasteiger partial charge in [-0.15, -0.1) is 0 Å². The number of hydrogen-bond acceptors (Lipinski definition) is 4. The zero-order chi connectivity index (χ0) is 27.9. The number of hydrogen-bond donors (Lipinski definition) is 1. The molecule has 208 valence electrons. The molecule has 1 N–H and O–H groups in total. The molecule has 0 heterocycles. The van der Waals surface area contributed by atoms with Crippen molar-refractivity contribution in [3.05, 3.63) is 64.2 Å². The predicted molar refractivity (Wildman–Crippen MR) is 154 cm³/mol. The van der Waals surface area contributed by atoms with Gasteiger partial charge in [-0.2, -0.15) is 0 Å². The maximum Gasteiger partial charge on any atom is 0.243 e. The highest BCUT2D eigenvalue weighted by atomic mass is 35.5. The standard InChI is InChI=1S/C29H40ClN3O4S/c1-5-26(29(35)31-24-12-7-8-13-24)32(20-23-11-6-9-14-25(23)30)28(34)15-10-18-33(38(4,36)37)27-19-21(2)16-17-22(27)3/h6,9,11,14,16-17,19,24,26H,5,7-8,10,12-13,15,18,20H2,1-4H3,(H,31,35). The van der Waals surface area contributed by atoms with E-state index in [-0.39, 0.29) is 37.4 Å². The summed E-state index contributed by atoms with van der Waals surface area (Å²) in [6, 6.07) is 12.5. The average Bonchev–Trinajstić information content (AvgIpc) is 3.36. The van der Waals surface area contributed by atoms with Gasteiger partial charge in [-0.25, -0.2) is 8.42 Å². The van der Waals surface area contributed by atoms with E-state index in [1.165, 1.54) is 10.6 Å². The van der Waals surface area contributed by atoms with Gasteiger partial charge in [0.1, 0.15) is 6.04 Å². The second-order valence-corrected chi connectivity index (χ2v) is 12.6. The summed E-state index contributed by atoms with van der Waals surface area (Å²) in [6.45, 7) is 6.07. The number of nitrogens with zero attached hydrogens (tertiary/aromatic N) is 2. The zero-order valence-electron chi connectivity index (χ0n) is 22.9. The molecule has 1 aliphatic rings. The molecule has 38 heavy (non-hydrogen) atoms. The summed E-state index contributed by atoms with van der Waals surface area (Å²) in [5.41, 5.74) is 3.20. The van der Waals surface area contributed by atoms with E-state index < -0.39 is 16.1 Å². The molecule has 2 amide bonds. The molecule has 1 aliphatic carbocycles. The number of anilines is 1. The third-order valence-corrected chi connectivity index (χ3v) is 8.72. The predicted octanol–water partition coefficient (Wildman–Crippen LogP) is 5.37. The van der Waals surface area contributed by atoms with Crippen molar-refractivity contribution in [2.45, 2.75) is 84.3 Å². The highest BCUT2D eigenvalue weighted by Gasteiger charge is 2.31. The zero-order valence-corrected chi connectivity index (χ0v) is 24.4. The fourth-order valence-electron chi connectivity index (χ4n) is 5.07. The Morgan fingerprint density at radius 3 is 2.42 bits per heavy atom. The van der Waals surface area contributed by atoms with Crippen LogP contribution in [0.3, 0.4) is 0 Å². The van der Waals surface area contributed by atoms with Crippen LogP contribution >= 0.6 is 11.6 Å². The molecule has 0 saturated heterocycles. The largest absolute Gasteiger partial charge is 0.352 e. The molecule has 1 fully saturated rings. The Labute approximate surface area is 232 Å². The van der Waals surface area contributed by atoms with E-state index in [4.69, 9.17) is 11.6 Å². The first kappa shape index (κ1) is 30.0. The summed E-state index contributed by atoms with van der Waals surface area (Å²) in [7, 11) is -3.55. The van der Waals surface area contributed by atoms with E-state index in [1.807, 2.05) is 57.2 Å². The highest BCUT2D eigenvalue weighted by Crippen LogP contribution is 2.26. The van der Waals surface area contributed by atoms with Crippen LogP contribution in [0.2, 0.25) is 5.02 Å². The Balaban J connectivity index is 1.79. The lowest BCUT2D eigenvalue weighted by Gasteiger charge is -2.32. The number of halogens is 1. The molecule has 0 radical (unpaired) electrons. The minimum atomic E-state index is -3.55. The van der Waals surface area contributed by atoms with Gasteiger partial charge < -0.3 is 10.2 Å². The van der Waals surface area contributed by atoms with E-state index in [0.717, 1.165) is 42.4 Å². The maximum absolute atomic E-state index is 13.6. The van der Waals surface area contributed by atoms with E-state index in [9.17, 15) is 18.0 Å². The minimum Gasteiger partial charge on any atom is -0.352 e. The van der Waals surface area contributed by atoms with E-state index >= 15 is 0 Å². The van der Waals surface area contributed by atoms with Crippen LogP contribution in [0.15, 0.2) is 42.5 Å². The molecule has 0 aliphatic heterocycles. The lowest BCUT2D eigenvalue weighted by atomic mass is 10.1. The quantitative estimate of drug-likeness (QED) is 0.377. The lowest BCUT2D eigenvalue weighted by Crippen LogP contribution is -2.51. The number of benzene rings is 2. The van der Waals surface area contributed by atoms with Crippen LogP contribution in [0.5, 0.6) is 0 Å². The van der Waals surface area contributed by atoms with Gasteiger partial charge in [-0.05, 0) is 68.4 Å². The van der Waals surface area contributed by atoms with Crippen molar-refractivity contribution in [1.29, 1.82) is 0 Å². The monoisotopic (exact) mass is 561 g/mol. The van der Waals surface area contributed by atoms with Gasteiger partial charge in [0.15, 0.2) is 0 Å². The van der Waals surface area contributed by atoms with Crippen molar-refractivity contribution < 1.29 is 18.0 Å². The number of carbonyl (C=O) groups is 2. The molecule has 1 unspecified atom stereocenters. The third kappa shape index (κ3) is 7.96. The first-order valence-electron chi connectivity index (χ1n) is 13.4. The summed E-state index contributed by atoms with van der Waals surface area (Å²) in [5.74, 6) is -0.347. The van der Waals surface area contributed by atoms with Gasteiger partial charge in [0.25, 0.3) is 0 Å². The van der Waals surface area contributed by atoms with Gasteiger partial charge in [0, 0.05) is 30.6 Å². The van der Waals surface area contributed by atoms with Crippen molar-refractivity contribution in [2.24, 2.45) is 0 Å². The van der Waals surface area contributed by atoms with Crippen molar-refractivity contribution in [3.8, 4) is 0 Å². The second kappa shape index (κ2) is 13.5. The molecule has 2 aromatic carbocycles. The molecule has 1 saturated carbocycles. The number of aryl methyl sites for hydroxylation is 2. The van der Waals surface area contributed by atoms with Crippen LogP contribution in [0, 0.1) is 13.8 Å². The molecule has 0 spiro atoms. The summed E-state index contributed by atoms with van der Waals surface area (Å²) in [5, 5.41) is 3.68. The number of carbonyl (C=O) groups excluding carboxylic acids is 2. The van der Waals surface area contributed by atoms with E-state index in [0.29, 0.717) is 23.6 Å². The first-order chi connectivity index (χ1) is 18.0. The van der Waals surface area contributed by atoms with Gasteiger partial charge in [-0.1, -0.05) is 61.7 Å². The van der Waals surface area contributed by atoms with Gasteiger partial charge in [-0.3, -0.25) is 13.9 Å². The summed E-state index contributed by atoms with van der Waals surface area (Å²) < 4.78 is 26.7. The minimum absolute atomic E-state index is 0.106. The molecule has 0 aromatic heterocycles. The molecule has 0 bridgehead atoms. The van der Waals surface area contributed by atoms with Crippen molar-refractivity contribution in [3.63, 3.8) is 0 Å². The fourth-order valence-corrected chi connectivity index (χ4v) is 6.28. The molecular weight excluding hydrogens is 522 g/mol. The lowest BCUT2D eigenvalue weighted by molar-refractivity contribution is -0.141. The maximum atomic E-state index is 13.6. The highest BCUT2D eigenvalue weighted by molar-refractivity contribution is 7.92.